The van der Waals surface area contributed by atoms with E-state index in [-0.39, 0.29) is 19.6 Å². The van der Waals surface area contributed by atoms with Crippen molar-refractivity contribution in [3.8, 4) is 0 Å². The van der Waals surface area contributed by atoms with E-state index in [1.54, 1.807) is 0 Å². The van der Waals surface area contributed by atoms with Gasteiger partial charge in [-0.1, -0.05) is 6.92 Å². The molecular formula is C11H21N3O5S. The molecule has 0 radical (unpaired) electrons. The normalized spacial score (nSPS) is 20.6. The zero-order valence-electron chi connectivity index (χ0n) is 11.5. The van der Waals surface area contributed by atoms with Crippen LogP contribution < -0.4 is 10.0 Å². The molecule has 0 bridgehead atoms. The van der Waals surface area contributed by atoms with Gasteiger partial charge in [0.2, 0.25) is 5.91 Å². The van der Waals surface area contributed by atoms with E-state index in [9.17, 15) is 18.0 Å². The molecule has 8 nitrogen and oxygen atoms in total. The molecule has 1 unspecified atom stereocenters. The number of amides is 1. The van der Waals surface area contributed by atoms with Gasteiger partial charge in [-0.15, -0.1) is 0 Å². The molecule has 1 saturated heterocycles. The van der Waals surface area contributed by atoms with Gasteiger partial charge < -0.3 is 10.4 Å². The second kappa shape index (κ2) is 7.55. The van der Waals surface area contributed by atoms with Crippen LogP contribution in [0.15, 0.2) is 0 Å². The highest BCUT2D eigenvalue weighted by Gasteiger charge is 2.32. The lowest BCUT2D eigenvalue weighted by molar-refractivity contribution is -0.142. The first-order chi connectivity index (χ1) is 9.36. The van der Waals surface area contributed by atoms with Crippen molar-refractivity contribution < 1.29 is 23.1 Å². The number of hydrogen-bond acceptors (Lipinski definition) is 4. The molecule has 1 atom stereocenters. The minimum absolute atomic E-state index is 0.0543. The second-order valence-corrected chi connectivity index (χ2v) is 6.47. The highest BCUT2D eigenvalue weighted by atomic mass is 32.2. The molecule has 1 fully saturated rings. The Morgan fingerprint density at radius 1 is 1.40 bits per heavy atom. The first kappa shape index (κ1) is 16.9. The number of carbonyl (C=O) groups excluding carboxylic acids is 1. The van der Waals surface area contributed by atoms with Gasteiger partial charge in [0.1, 0.15) is 0 Å². The Morgan fingerprint density at radius 3 is 2.70 bits per heavy atom. The molecule has 1 aliphatic rings. The molecule has 20 heavy (non-hydrogen) atoms. The number of carbonyl (C=O) groups is 2. The third-order valence-electron chi connectivity index (χ3n) is 3.06. The maximum Gasteiger partial charge on any atom is 0.307 e. The number of nitrogens with one attached hydrogen (secondary N) is 2. The molecule has 0 saturated carbocycles. The molecule has 116 valence electrons. The molecule has 0 aromatic rings. The van der Waals surface area contributed by atoms with Crippen LogP contribution in [-0.4, -0.2) is 55.9 Å². The van der Waals surface area contributed by atoms with Crippen molar-refractivity contribution in [1.29, 1.82) is 0 Å². The van der Waals surface area contributed by atoms with Crippen molar-refractivity contribution in [3.05, 3.63) is 0 Å². The van der Waals surface area contributed by atoms with E-state index in [0.29, 0.717) is 19.4 Å². The fraction of sp³-hybridized carbons (Fsp3) is 0.818. The lowest BCUT2D eigenvalue weighted by Gasteiger charge is -2.29. The first-order valence-corrected chi connectivity index (χ1v) is 8.05. The molecule has 0 aromatic heterocycles. The lowest BCUT2D eigenvalue weighted by atomic mass is 10.0. The quantitative estimate of drug-likeness (QED) is 0.566. The summed E-state index contributed by atoms with van der Waals surface area (Å²) in [5.41, 5.74) is 0. The third-order valence-corrected chi connectivity index (χ3v) is 4.58. The highest BCUT2D eigenvalue weighted by molar-refractivity contribution is 7.87. The smallest absolute Gasteiger partial charge is 0.307 e. The van der Waals surface area contributed by atoms with Crippen LogP contribution in [0, 0.1) is 5.92 Å². The minimum atomic E-state index is -3.81. The summed E-state index contributed by atoms with van der Waals surface area (Å²) in [5.74, 6) is -2.08. The average molecular weight is 307 g/mol. The number of hydrogen-bond donors (Lipinski definition) is 3. The van der Waals surface area contributed by atoms with E-state index >= 15 is 0 Å². The summed E-state index contributed by atoms with van der Waals surface area (Å²) < 4.78 is 27.2. The SMILES string of the molecule is CCCNC(=O)CNS(=O)(=O)N1CCCC(C(=O)O)C1. The molecule has 9 heteroatoms. The van der Waals surface area contributed by atoms with Gasteiger partial charge in [0.25, 0.3) is 10.2 Å². The van der Waals surface area contributed by atoms with Crippen LogP contribution in [0.25, 0.3) is 0 Å². The molecule has 1 aliphatic heterocycles. The third kappa shape index (κ3) is 5.06. The Kier molecular flexibility index (Phi) is 6.37. The standard InChI is InChI=1S/C11H21N3O5S/c1-2-5-12-10(15)7-13-20(18,19)14-6-3-4-9(8-14)11(16)17/h9,13H,2-8H2,1H3,(H,12,15)(H,16,17). The maximum atomic E-state index is 12.0. The number of nitrogens with zero attached hydrogens (tertiary/aromatic N) is 1. The summed E-state index contributed by atoms with van der Waals surface area (Å²) in [7, 11) is -3.81. The van der Waals surface area contributed by atoms with Gasteiger partial charge in [-0.2, -0.15) is 17.4 Å². The topological polar surface area (TPSA) is 116 Å². The summed E-state index contributed by atoms with van der Waals surface area (Å²) in [6.07, 6.45) is 1.74. The predicted octanol–water partition coefficient (Wildman–Crippen LogP) is -0.856. The van der Waals surface area contributed by atoms with E-state index in [1.807, 2.05) is 6.92 Å². The molecule has 3 N–H and O–H groups in total. The van der Waals surface area contributed by atoms with Gasteiger partial charge in [0, 0.05) is 19.6 Å². The molecule has 1 heterocycles. The number of rotatable bonds is 7. The van der Waals surface area contributed by atoms with Crippen LogP contribution in [0.5, 0.6) is 0 Å². The van der Waals surface area contributed by atoms with E-state index < -0.39 is 28.0 Å². The van der Waals surface area contributed by atoms with Crippen molar-refractivity contribution in [2.24, 2.45) is 5.92 Å². The Labute approximate surface area is 118 Å². The van der Waals surface area contributed by atoms with Crippen LogP contribution in [0.2, 0.25) is 0 Å². The Bertz CT molecular complexity index is 451. The Morgan fingerprint density at radius 2 is 2.10 bits per heavy atom. The first-order valence-electron chi connectivity index (χ1n) is 6.61. The monoisotopic (exact) mass is 307 g/mol. The number of piperidine rings is 1. The van der Waals surface area contributed by atoms with Crippen LogP contribution in [-0.2, 0) is 19.8 Å². The van der Waals surface area contributed by atoms with Crippen molar-refractivity contribution in [2.45, 2.75) is 26.2 Å². The molecule has 1 amide bonds. The van der Waals surface area contributed by atoms with E-state index in [1.165, 1.54) is 0 Å². The zero-order chi connectivity index (χ0) is 15.2. The molecule has 0 aliphatic carbocycles. The summed E-state index contributed by atoms with van der Waals surface area (Å²) in [6, 6.07) is 0. The average Bonchev–Trinajstić information content (AvgIpc) is 2.43. The molecular weight excluding hydrogens is 286 g/mol. The molecule has 1 rings (SSSR count). The van der Waals surface area contributed by atoms with Gasteiger partial charge in [-0.05, 0) is 19.3 Å². The second-order valence-electron chi connectivity index (χ2n) is 4.71. The van der Waals surface area contributed by atoms with Crippen LogP contribution in [0.3, 0.4) is 0 Å². The summed E-state index contributed by atoms with van der Waals surface area (Å²) in [5, 5.41) is 11.5. The zero-order valence-corrected chi connectivity index (χ0v) is 12.3. The van der Waals surface area contributed by atoms with Crippen molar-refractivity contribution in [2.75, 3.05) is 26.2 Å². The van der Waals surface area contributed by atoms with Gasteiger partial charge in [-0.25, -0.2) is 0 Å². The van der Waals surface area contributed by atoms with Crippen LogP contribution >= 0.6 is 0 Å². The fourth-order valence-electron chi connectivity index (χ4n) is 1.94. The predicted molar refractivity (Wildman–Crippen MR) is 72.2 cm³/mol. The maximum absolute atomic E-state index is 12.0. The van der Waals surface area contributed by atoms with Gasteiger partial charge in [0.05, 0.1) is 12.5 Å². The highest BCUT2D eigenvalue weighted by Crippen LogP contribution is 2.18. The minimum Gasteiger partial charge on any atom is -0.481 e. The molecule has 0 spiro atoms. The summed E-state index contributed by atoms with van der Waals surface area (Å²) in [4.78, 5) is 22.3. The van der Waals surface area contributed by atoms with Crippen LogP contribution in [0.4, 0.5) is 0 Å². The van der Waals surface area contributed by atoms with E-state index in [0.717, 1.165) is 10.7 Å². The number of carboxylic acid groups (broad SMARTS) is 1. The number of aliphatic carboxylic acids is 1. The number of carboxylic acids is 1. The van der Waals surface area contributed by atoms with Gasteiger partial charge in [0.15, 0.2) is 0 Å². The van der Waals surface area contributed by atoms with Crippen molar-refractivity contribution in [3.63, 3.8) is 0 Å². The van der Waals surface area contributed by atoms with Crippen molar-refractivity contribution >= 4 is 22.1 Å². The van der Waals surface area contributed by atoms with Crippen LogP contribution in [0.1, 0.15) is 26.2 Å². The van der Waals surface area contributed by atoms with E-state index in [2.05, 4.69) is 10.0 Å². The summed E-state index contributed by atoms with van der Waals surface area (Å²) in [6.45, 7) is 2.27. The lowest BCUT2D eigenvalue weighted by Crippen LogP contribution is -2.49. The largest absolute Gasteiger partial charge is 0.481 e. The van der Waals surface area contributed by atoms with E-state index in [4.69, 9.17) is 5.11 Å². The summed E-state index contributed by atoms with van der Waals surface area (Å²) >= 11 is 0. The van der Waals surface area contributed by atoms with Crippen molar-refractivity contribution in [1.82, 2.24) is 14.3 Å². The fourth-order valence-corrected chi connectivity index (χ4v) is 3.18. The molecule has 0 aromatic carbocycles. The Hall–Kier alpha value is -1.19. The van der Waals surface area contributed by atoms with Gasteiger partial charge in [-0.3, -0.25) is 9.59 Å². The van der Waals surface area contributed by atoms with Gasteiger partial charge >= 0.3 is 5.97 Å². The Balaban J connectivity index is 2.51.